The molecular weight excluding hydrogens is 617 g/mol. The van der Waals surface area contributed by atoms with E-state index in [-0.39, 0.29) is 17.8 Å². The molecule has 0 bridgehead atoms. The van der Waals surface area contributed by atoms with Gasteiger partial charge in [-0.2, -0.15) is 5.26 Å². The van der Waals surface area contributed by atoms with Crippen molar-refractivity contribution in [1.82, 2.24) is 4.90 Å². The number of allylic oxidation sites excluding steroid dienone is 3. The molecule has 0 fully saturated rings. The van der Waals surface area contributed by atoms with E-state index in [4.69, 9.17) is 43.1 Å². The van der Waals surface area contributed by atoms with Gasteiger partial charge in [0.15, 0.2) is 17.3 Å². The summed E-state index contributed by atoms with van der Waals surface area (Å²) in [7, 11) is 1.61. The first-order valence-electron chi connectivity index (χ1n) is 13.0. The first-order valence-corrected chi connectivity index (χ1v) is 14.5. The van der Waals surface area contributed by atoms with Crippen molar-refractivity contribution in [3.63, 3.8) is 0 Å². The molecule has 0 aromatic heterocycles. The van der Waals surface area contributed by atoms with E-state index < -0.39 is 5.92 Å². The van der Waals surface area contributed by atoms with E-state index in [9.17, 15) is 10.1 Å². The molecule has 0 saturated heterocycles. The summed E-state index contributed by atoms with van der Waals surface area (Å²) < 4.78 is 18.1. The van der Waals surface area contributed by atoms with Crippen LogP contribution in [0.25, 0.3) is 0 Å². The molecule has 2 aromatic carbocycles. The highest BCUT2D eigenvalue weighted by Crippen LogP contribution is 2.51. The van der Waals surface area contributed by atoms with Gasteiger partial charge >= 0.3 is 0 Å². The zero-order valence-electron chi connectivity index (χ0n) is 22.9. The van der Waals surface area contributed by atoms with Gasteiger partial charge in [-0.15, -0.1) is 0 Å². The molecular formula is C30H32BrCl2N3O4. The van der Waals surface area contributed by atoms with Crippen molar-refractivity contribution < 1.29 is 19.0 Å². The standard InChI is InChI=1S/C30H32BrCl2N3O4/c1-5-39-25-12-18(11-20(31)28(25)40-16-17-6-7-21(32)22(33)10-17)26-19(15-34)29(35)36(8-9-38-4)23-13-30(2,3)14-24(37)27(23)26/h6-7,10-12,26H,5,8-9,13-14,16,35H2,1-4H3/t26-/m0/s1. The highest BCUT2D eigenvalue weighted by atomic mass is 79.9. The maximum Gasteiger partial charge on any atom is 0.175 e. The smallest absolute Gasteiger partial charge is 0.175 e. The lowest BCUT2D eigenvalue weighted by molar-refractivity contribution is -0.118. The van der Waals surface area contributed by atoms with E-state index in [1.807, 2.05) is 30.0 Å². The van der Waals surface area contributed by atoms with Crippen LogP contribution >= 0.6 is 39.1 Å². The Morgan fingerprint density at radius 1 is 1.18 bits per heavy atom. The Hall–Kier alpha value is -2.70. The van der Waals surface area contributed by atoms with Gasteiger partial charge < -0.3 is 24.8 Å². The van der Waals surface area contributed by atoms with Crippen molar-refractivity contribution in [2.24, 2.45) is 11.1 Å². The molecule has 0 unspecified atom stereocenters. The topological polar surface area (TPSA) is 97.8 Å². The third-order valence-corrected chi connectivity index (χ3v) is 8.37. The van der Waals surface area contributed by atoms with Crippen LogP contribution in [-0.2, 0) is 16.1 Å². The second-order valence-electron chi connectivity index (χ2n) is 10.6. The summed E-state index contributed by atoms with van der Waals surface area (Å²) in [4.78, 5) is 15.6. The predicted octanol–water partition coefficient (Wildman–Crippen LogP) is 7.12. The Bertz CT molecular complexity index is 1430. The number of nitrogens with zero attached hydrogens (tertiary/aromatic N) is 2. The fourth-order valence-electron chi connectivity index (χ4n) is 5.29. The second kappa shape index (κ2) is 12.4. The Labute approximate surface area is 253 Å². The number of ketones is 1. The molecule has 1 aliphatic heterocycles. The lowest BCUT2D eigenvalue weighted by Crippen LogP contribution is -2.43. The van der Waals surface area contributed by atoms with Crippen LogP contribution in [0.5, 0.6) is 11.5 Å². The number of rotatable bonds is 9. The lowest BCUT2D eigenvalue weighted by Gasteiger charge is -2.43. The van der Waals surface area contributed by atoms with Crippen molar-refractivity contribution >= 4 is 44.9 Å². The quantitative estimate of drug-likeness (QED) is 0.309. The first-order chi connectivity index (χ1) is 19.0. The fourth-order valence-corrected chi connectivity index (χ4v) is 6.18. The minimum atomic E-state index is -0.637. The van der Waals surface area contributed by atoms with Crippen LogP contribution in [-0.4, -0.2) is 37.6 Å². The van der Waals surface area contributed by atoms with Crippen LogP contribution in [0.3, 0.4) is 0 Å². The Balaban J connectivity index is 1.81. The maximum absolute atomic E-state index is 13.7. The number of hydrogen-bond donors (Lipinski definition) is 1. The summed E-state index contributed by atoms with van der Waals surface area (Å²) >= 11 is 15.9. The van der Waals surface area contributed by atoms with Crippen molar-refractivity contribution in [1.29, 1.82) is 5.26 Å². The summed E-state index contributed by atoms with van der Waals surface area (Å²) in [6.07, 6.45) is 1.03. The SMILES string of the molecule is CCOc1cc([C@H]2C(C#N)=C(N)N(CCOC)C3=C2C(=O)CC(C)(C)C3)cc(Br)c1OCc1ccc(Cl)c(Cl)c1. The summed E-state index contributed by atoms with van der Waals surface area (Å²) in [5, 5.41) is 11.2. The Morgan fingerprint density at radius 2 is 1.93 bits per heavy atom. The third kappa shape index (κ3) is 6.13. The van der Waals surface area contributed by atoms with Gasteiger partial charge in [0.1, 0.15) is 12.4 Å². The van der Waals surface area contributed by atoms with Crippen LogP contribution in [0.15, 0.2) is 57.5 Å². The monoisotopic (exact) mass is 647 g/mol. The molecule has 0 radical (unpaired) electrons. The molecule has 1 aliphatic carbocycles. The molecule has 212 valence electrons. The zero-order chi connectivity index (χ0) is 29.2. The summed E-state index contributed by atoms with van der Waals surface area (Å²) in [5.41, 5.74) is 9.71. The van der Waals surface area contributed by atoms with Crippen LogP contribution < -0.4 is 15.2 Å². The number of ether oxygens (including phenoxy) is 3. The summed E-state index contributed by atoms with van der Waals surface area (Å²) in [5.74, 6) is 0.683. The van der Waals surface area contributed by atoms with Crippen molar-refractivity contribution in [3.8, 4) is 17.6 Å². The molecule has 0 saturated carbocycles. The molecule has 0 spiro atoms. The zero-order valence-corrected chi connectivity index (χ0v) is 26.0. The Morgan fingerprint density at radius 3 is 2.58 bits per heavy atom. The van der Waals surface area contributed by atoms with Gasteiger partial charge in [-0.3, -0.25) is 4.79 Å². The van der Waals surface area contributed by atoms with Crippen LogP contribution in [0.2, 0.25) is 10.0 Å². The average molecular weight is 649 g/mol. The third-order valence-electron chi connectivity index (χ3n) is 7.04. The van der Waals surface area contributed by atoms with E-state index in [0.29, 0.717) is 81.1 Å². The van der Waals surface area contributed by atoms with Gasteiger partial charge in [-0.25, -0.2) is 0 Å². The summed E-state index contributed by atoms with van der Waals surface area (Å²) in [6.45, 7) is 7.48. The van der Waals surface area contributed by atoms with Gasteiger partial charge in [-0.1, -0.05) is 43.1 Å². The Kier molecular flexibility index (Phi) is 9.41. The molecule has 1 heterocycles. The summed E-state index contributed by atoms with van der Waals surface area (Å²) in [6, 6.07) is 11.3. The highest BCUT2D eigenvalue weighted by Gasteiger charge is 2.44. The number of nitriles is 1. The van der Waals surface area contributed by atoms with E-state index in [0.717, 1.165) is 11.3 Å². The number of halogens is 3. The second-order valence-corrected chi connectivity index (χ2v) is 12.3. The minimum absolute atomic E-state index is 0.00735. The molecule has 1 atom stereocenters. The lowest BCUT2D eigenvalue weighted by atomic mass is 9.68. The largest absolute Gasteiger partial charge is 0.490 e. The number of carbonyl (C=O) groups excluding carboxylic acids is 1. The molecule has 40 heavy (non-hydrogen) atoms. The molecule has 4 rings (SSSR count). The van der Waals surface area contributed by atoms with E-state index >= 15 is 0 Å². The number of hydrogen-bond acceptors (Lipinski definition) is 7. The number of benzene rings is 2. The van der Waals surface area contributed by atoms with Crippen LogP contribution in [0.1, 0.15) is 50.7 Å². The molecule has 2 N–H and O–H groups in total. The van der Waals surface area contributed by atoms with Gasteiger partial charge in [0, 0.05) is 31.3 Å². The van der Waals surface area contributed by atoms with E-state index in [2.05, 4.69) is 35.8 Å². The van der Waals surface area contributed by atoms with Gasteiger partial charge in [-0.05, 0) is 70.1 Å². The van der Waals surface area contributed by atoms with Gasteiger partial charge in [0.25, 0.3) is 0 Å². The van der Waals surface area contributed by atoms with Gasteiger partial charge in [0.2, 0.25) is 0 Å². The first kappa shape index (κ1) is 30.3. The van der Waals surface area contributed by atoms with Crippen LogP contribution in [0, 0.1) is 16.7 Å². The molecule has 10 heteroatoms. The minimum Gasteiger partial charge on any atom is -0.490 e. The van der Waals surface area contributed by atoms with Crippen LogP contribution in [0.4, 0.5) is 0 Å². The molecule has 2 aromatic rings. The van der Waals surface area contributed by atoms with Gasteiger partial charge in [0.05, 0.1) is 45.3 Å². The average Bonchev–Trinajstić information content (AvgIpc) is 2.88. The highest BCUT2D eigenvalue weighted by molar-refractivity contribution is 9.10. The number of methoxy groups -OCH3 is 1. The number of Topliss-reactive ketones (excluding diaryl/α,β-unsaturated/α-hetero) is 1. The molecule has 7 nitrogen and oxygen atoms in total. The number of carbonyl (C=O) groups is 1. The molecule has 2 aliphatic rings. The maximum atomic E-state index is 13.7. The molecule has 0 amide bonds. The predicted molar refractivity (Wildman–Crippen MR) is 159 cm³/mol. The van der Waals surface area contributed by atoms with Crippen molar-refractivity contribution in [2.75, 3.05) is 26.9 Å². The van der Waals surface area contributed by atoms with E-state index in [1.54, 1.807) is 19.2 Å². The van der Waals surface area contributed by atoms with Crippen molar-refractivity contribution in [2.45, 2.75) is 46.1 Å². The van der Waals surface area contributed by atoms with E-state index in [1.165, 1.54) is 0 Å². The van der Waals surface area contributed by atoms with Crippen molar-refractivity contribution in [3.05, 3.63) is 78.6 Å². The normalized spacial score (nSPS) is 18.5. The number of nitrogens with two attached hydrogens (primary N) is 1. The fraction of sp³-hybridized carbons (Fsp3) is 0.400.